The highest BCUT2D eigenvalue weighted by molar-refractivity contribution is 5.97. The summed E-state index contributed by atoms with van der Waals surface area (Å²) in [6.07, 6.45) is 1.81. The number of likely N-dealkylation sites (tertiary alicyclic amines) is 1. The Kier molecular flexibility index (Phi) is 8.15. The number of aliphatic hydroxyl groups is 1. The van der Waals surface area contributed by atoms with E-state index in [9.17, 15) is 14.4 Å². The van der Waals surface area contributed by atoms with Gasteiger partial charge in [-0.1, -0.05) is 36.4 Å². The van der Waals surface area contributed by atoms with Crippen LogP contribution in [0.25, 0.3) is 0 Å². The first-order valence-corrected chi connectivity index (χ1v) is 12.2. The molecule has 0 atom stereocenters. The predicted octanol–water partition coefficient (Wildman–Crippen LogP) is 3.05. The molecule has 2 aromatic carbocycles. The highest BCUT2D eigenvalue weighted by Crippen LogP contribution is 2.31. The standard InChI is InChI=1S/C27H33N3O5/c1-20(32)28-11-9-22(10-12-28)24-3-2-4-25(17-24)30(27(34)29-13-15-35-16-14-29)18-21-5-7-23(8-6-21)26(33)19-31/h2-8,17,22,31H,9-16,18-19H2,1H3. The SMILES string of the molecule is CC(=O)N1CCC(c2cccc(N(Cc3ccc(C(=O)CO)cc3)C(=O)N3CCOCC3)c2)CC1. The van der Waals surface area contributed by atoms with Crippen LogP contribution in [0.3, 0.4) is 0 Å². The zero-order valence-corrected chi connectivity index (χ0v) is 20.2. The van der Waals surface area contributed by atoms with Gasteiger partial charge in [0, 0.05) is 44.4 Å². The van der Waals surface area contributed by atoms with E-state index in [1.807, 2.05) is 34.1 Å². The van der Waals surface area contributed by atoms with Crippen LogP contribution in [-0.2, 0) is 16.1 Å². The molecule has 2 heterocycles. The fraction of sp³-hybridized carbons (Fsp3) is 0.444. The van der Waals surface area contributed by atoms with Gasteiger partial charge in [-0.3, -0.25) is 14.5 Å². The number of benzene rings is 2. The highest BCUT2D eigenvalue weighted by atomic mass is 16.5. The van der Waals surface area contributed by atoms with Crippen molar-refractivity contribution in [1.29, 1.82) is 0 Å². The van der Waals surface area contributed by atoms with Crippen LogP contribution in [0, 0.1) is 0 Å². The molecule has 2 saturated heterocycles. The van der Waals surface area contributed by atoms with E-state index in [0.29, 0.717) is 44.3 Å². The van der Waals surface area contributed by atoms with Crippen LogP contribution in [0.15, 0.2) is 48.5 Å². The van der Waals surface area contributed by atoms with Crippen LogP contribution in [0.1, 0.15) is 47.2 Å². The Morgan fingerprint density at radius 2 is 1.66 bits per heavy atom. The van der Waals surface area contributed by atoms with Crippen LogP contribution in [0.2, 0.25) is 0 Å². The summed E-state index contributed by atoms with van der Waals surface area (Å²) in [4.78, 5) is 42.5. The largest absolute Gasteiger partial charge is 0.388 e. The second-order valence-electron chi connectivity index (χ2n) is 9.12. The number of ketones is 1. The Balaban J connectivity index is 1.57. The van der Waals surface area contributed by atoms with Crippen LogP contribution < -0.4 is 4.90 Å². The number of piperidine rings is 1. The Bertz CT molecular complexity index is 1040. The summed E-state index contributed by atoms with van der Waals surface area (Å²) < 4.78 is 5.43. The van der Waals surface area contributed by atoms with Gasteiger partial charge in [-0.25, -0.2) is 4.79 Å². The van der Waals surface area contributed by atoms with Crippen molar-refractivity contribution >= 4 is 23.4 Å². The van der Waals surface area contributed by atoms with Crippen molar-refractivity contribution in [1.82, 2.24) is 9.80 Å². The van der Waals surface area contributed by atoms with Gasteiger partial charge in [0.25, 0.3) is 0 Å². The summed E-state index contributed by atoms with van der Waals surface area (Å²) in [7, 11) is 0. The lowest BCUT2D eigenvalue weighted by Gasteiger charge is -2.34. The summed E-state index contributed by atoms with van der Waals surface area (Å²) in [5.41, 5.74) is 3.33. The van der Waals surface area contributed by atoms with Gasteiger partial charge in [0.2, 0.25) is 5.91 Å². The van der Waals surface area contributed by atoms with Gasteiger partial charge >= 0.3 is 6.03 Å². The van der Waals surface area contributed by atoms with Crippen molar-refractivity contribution in [3.05, 3.63) is 65.2 Å². The number of aliphatic hydroxyl groups excluding tert-OH is 1. The number of morpholine rings is 1. The van der Waals surface area contributed by atoms with Crippen molar-refractivity contribution in [2.24, 2.45) is 0 Å². The number of urea groups is 1. The summed E-state index contributed by atoms with van der Waals surface area (Å²) in [5.74, 6) is 0.127. The number of Topliss-reactive ketones (excluding diaryl/α,β-unsaturated/α-hetero) is 1. The molecule has 0 aromatic heterocycles. The summed E-state index contributed by atoms with van der Waals surface area (Å²) in [6, 6.07) is 15.1. The van der Waals surface area contributed by atoms with Gasteiger partial charge in [0.15, 0.2) is 5.78 Å². The lowest BCUT2D eigenvalue weighted by Crippen LogP contribution is -2.48. The molecule has 1 N–H and O–H groups in total. The summed E-state index contributed by atoms with van der Waals surface area (Å²) in [6.45, 7) is 5.07. The molecule has 186 valence electrons. The number of rotatable bonds is 6. The summed E-state index contributed by atoms with van der Waals surface area (Å²) in [5, 5.41) is 9.11. The summed E-state index contributed by atoms with van der Waals surface area (Å²) >= 11 is 0. The van der Waals surface area contributed by atoms with Gasteiger partial charge in [0.05, 0.1) is 19.8 Å². The smallest absolute Gasteiger partial charge is 0.324 e. The fourth-order valence-corrected chi connectivity index (χ4v) is 4.74. The molecular formula is C27H33N3O5. The molecular weight excluding hydrogens is 446 g/mol. The third kappa shape index (κ3) is 6.07. The molecule has 2 aromatic rings. The minimum atomic E-state index is -0.529. The van der Waals surface area contributed by atoms with E-state index in [1.165, 1.54) is 5.56 Å². The minimum Gasteiger partial charge on any atom is -0.388 e. The lowest BCUT2D eigenvalue weighted by molar-refractivity contribution is -0.129. The molecule has 3 amide bonds. The molecule has 2 aliphatic heterocycles. The zero-order chi connectivity index (χ0) is 24.8. The Morgan fingerprint density at radius 1 is 0.971 bits per heavy atom. The Morgan fingerprint density at radius 3 is 2.29 bits per heavy atom. The first-order chi connectivity index (χ1) is 17.0. The number of carbonyl (C=O) groups is 3. The average Bonchev–Trinajstić information content (AvgIpc) is 2.92. The second-order valence-corrected chi connectivity index (χ2v) is 9.12. The molecule has 0 saturated carbocycles. The van der Waals surface area contributed by atoms with E-state index in [0.717, 1.165) is 37.2 Å². The van der Waals surface area contributed by atoms with Crippen LogP contribution in [-0.4, -0.2) is 78.6 Å². The molecule has 8 nitrogen and oxygen atoms in total. The van der Waals surface area contributed by atoms with Gasteiger partial charge in [0.1, 0.15) is 6.61 Å². The number of ether oxygens (including phenoxy) is 1. The molecule has 2 aliphatic rings. The maximum absolute atomic E-state index is 13.6. The van der Waals surface area contributed by atoms with Crippen LogP contribution in [0.5, 0.6) is 0 Å². The third-order valence-corrected chi connectivity index (χ3v) is 6.87. The van der Waals surface area contributed by atoms with Gasteiger partial charge < -0.3 is 19.6 Å². The van der Waals surface area contributed by atoms with E-state index >= 15 is 0 Å². The van der Waals surface area contributed by atoms with E-state index in [4.69, 9.17) is 9.84 Å². The van der Waals surface area contributed by atoms with Crippen molar-refractivity contribution in [2.75, 3.05) is 50.9 Å². The molecule has 2 fully saturated rings. The quantitative estimate of drug-likeness (QED) is 0.644. The Labute approximate surface area is 206 Å². The molecule has 4 rings (SSSR count). The van der Waals surface area contributed by atoms with E-state index < -0.39 is 6.61 Å². The molecule has 0 bridgehead atoms. The lowest BCUT2D eigenvalue weighted by atomic mass is 9.89. The molecule has 8 heteroatoms. The fourth-order valence-electron chi connectivity index (χ4n) is 4.74. The number of hydrogen-bond acceptors (Lipinski definition) is 5. The van der Waals surface area contributed by atoms with E-state index in [2.05, 4.69) is 12.1 Å². The zero-order valence-electron chi connectivity index (χ0n) is 20.2. The molecule has 0 unspecified atom stereocenters. The third-order valence-electron chi connectivity index (χ3n) is 6.87. The number of amides is 3. The maximum Gasteiger partial charge on any atom is 0.324 e. The van der Waals surface area contributed by atoms with Gasteiger partial charge in [-0.05, 0) is 42.0 Å². The maximum atomic E-state index is 13.6. The van der Waals surface area contributed by atoms with E-state index in [-0.39, 0.29) is 17.7 Å². The second kappa shape index (κ2) is 11.5. The van der Waals surface area contributed by atoms with Crippen molar-refractivity contribution in [2.45, 2.75) is 32.2 Å². The number of nitrogens with zero attached hydrogens (tertiary/aromatic N) is 3. The van der Waals surface area contributed by atoms with Gasteiger partial charge in [-0.2, -0.15) is 0 Å². The molecule has 0 radical (unpaired) electrons. The van der Waals surface area contributed by atoms with Crippen molar-refractivity contribution < 1.29 is 24.2 Å². The first kappa shape index (κ1) is 24.9. The molecule has 0 spiro atoms. The Hall–Kier alpha value is -3.23. The number of hydrogen-bond donors (Lipinski definition) is 1. The predicted molar refractivity (Wildman–Crippen MR) is 133 cm³/mol. The topological polar surface area (TPSA) is 90.4 Å². The van der Waals surface area contributed by atoms with Crippen molar-refractivity contribution in [3.8, 4) is 0 Å². The van der Waals surface area contributed by atoms with Crippen LogP contribution in [0.4, 0.5) is 10.5 Å². The first-order valence-electron chi connectivity index (χ1n) is 12.2. The highest BCUT2D eigenvalue weighted by Gasteiger charge is 2.26. The normalized spacial score (nSPS) is 16.7. The van der Waals surface area contributed by atoms with E-state index in [1.54, 1.807) is 24.0 Å². The van der Waals surface area contributed by atoms with Gasteiger partial charge in [-0.15, -0.1) is 0 Å². The average molecular weight is 480 g/mol. The van der Waals surface area contributed by atoms with Crippen LogP contribution >= 0.6 is 0 Å². The van der Waals surface area contributed by atoms with Crippen molar-refractivity contribution in [3.63, 3.8) is 0 Å². The molecule has 35 heavy (non-hydrogen) atoms. The monoisotopic (exact) mass is 479 g/mol. The number of anilines is 1. The number of carbonyl (C=O) groups excluding carboxylic acids is 3. The minimum absolute atomic E-state index is 0.0765. The molecule has 0 aliphatic carbocycles.